The monoisotopic (exact) mass is 240 g/mol. The molecule has 2 rings (SSSR count). The molecule has 0 spiro atoms. The van der Waals surface area contributed by atoms with Crippen LogP contribution in [-0.4, -0.2) is 43.2 Å². The van der Waals surface area contributed by atoms with Crippen molar-refractivity contribution in [1.82, 2.24) is 4.90 Å². The Balaban J connectivity index is 1.94. The van der Waals surface area contributed by atoms with E-state index in [2.05, 4.69) is 0 Å². The highest BCUT2D eigenvalue weighted by atomic mass is 16.5. The maximum absolute atomic E-state index is 12.5. The summed E-state index contributed by atoms with van der Waals surface area (Å²) in [5, 5.41) is 0. The highest BCUT2D eigenvalue weighted by Gasteiger charge is 2.45. The zero-order valence-electron chi connectivity index (χ0n) is 10.8. The number of carbonyl (C=O) groups is 1. The summed E-state index contributed by atoms with van der Waals surface area (Å²) in [4.78, 5) is 14.5. The van der Waals surface area contributed by atoms with E-state index in [0.29, 0.717) is 6.54 Å². The van der Waals surface area contributed by atoms with Gasteiger partial charge in [-0.2, -0.15) is 0 Å². The summed E-state index contributed by atoms with van der Waals surface area (Å²) in [5.41, 5.74) is 5.56. The molecule has 17 heavy (non-hydrogen) atoms. The van der Waals surface area contributed by atoms with Crippen molar-refractivity contribution < 1.29 is 9.53 Å². The third-order valence-corrected chi connectivity index (χ3v) is 4.22. The molecule has 1 heterocycles. The molecule has 2 aliphatic rings. The number of hydrogen-bond donors (Lipinski definition) is 1. The highest BCUT2D eigenvalue weighted by Crippen LogP contribution is 2.42. The van der Waals surface area contributed by atoms with Gasteiger partial charge in [0.25, 0.3) is 0 Å². The van der Waals surface area contributed by atoms with Crippen molar-refractivity contribution in [3.63, 3.8) is 0 Å². The van der Waals surface area contributed by atoms with Gasteiger partial charge < -0.3 is 15.4 Å². The van der Waals surface area contributed by atoms with E-state index in [0.717, 1.165) is 51.8 Å². The molecule has 1 atom stereocenters. The van der Waals surface area contributed by atoms with Gasteiger partial charge in [0, 0.05) is 26.2 Å². The van der Waals surface area contributed by atoms with E-state index in [1.54, 1.807) is 0 Å². The second-order valence-electron chi connectivity index (χ2n) is 5.31. The van der Waals surface area contributed by atoms with Gasteiger partial charge in [-0.15, -0.1) is 0 Å². The molecule has 0 radical (unpaired) electrons. The van der Waals surface area contributed by atoms with Crippen LogP contribution in [0.2, 0.25) is 0 Å². The maximum atomic E-state index is 12.5. The minimum absolute atomic E-state index is 0.228. The Labute approximate surface area is 103 Å². The van der Waals surface area contributed by atoms with E-state index in [4.69, 9.17) is 10.5 Å². The number of likely N-dealkylation sites (tertiary alicyclic amines) is 1. The van der Waals surface area contributed by atoms with Crippen LogP contribution in [0.4, 0.5) is 0 Å². The second-order valence-corrected chi connectivity index (χ2v) is 5.31. The predicted molar refractivity (Wildman–Crippen MR) is 66.6 cm³/mol. The topological polar surface area (TPSA) is 55.6 Å². The number of amides is 1. The molecule has 0 aromatic heterocycles. The number of nitrogens with zero attached hydrogens (tertiary/aromatic N) is 1. The largest absolute Gasteiger partial charge is 0.377 e. The zero-order chi connectivity index (χ0) is 12.3. The van der Waals surface area contributed by atoms with Crippen LogP contribution >= 0.6 is 0 Å². The Hall–Kier alpha value is -0.610. The molecule has 4 nitrogen and oxygen atoms in total. The van der Waals surface area contributed by atoms with Gasteiger partial charge in [-0.05, 0) is 32.6 Å². The summed E-state index contributed by atoms with van der Waals surface area (Å²) in [5.74, 6) is 0.274. The van der Waals surface area contributed by atoms with E-state index in [9.17, 15) is 4.79 Å². The number of nitrogens with two attached hydrogens (primary N) is 1. The molecule has 1 aliphatic carbocycles. The van der Waals surface area contributed by atoms with Crippen molar-refractivity contribution >= 4 is 5.91 Å². The van der Waals surface area contributed by atoms with E-state index in [1.807, 2.05) is 11.8 Å². The van der Waals surface area contributed by atoms with Crippen molar-refractivity contribution in [3.8, 4) is 0 Å². The molecule has 1 unspecified atom stereocenters. The smallest absolute Gasteiger partial charge is 0.230 e. The molecule has 4 heteroatoms. The maximum Gasteiger partial charge on any atom is 0.230 e. The van der Waals surface area contributed by atoms with Crippen molar-refractivity contribution in [1.29, 1.82) is 0 Å². The second kappa shape index (κ2) is 5.36. The molecule has 2 N–H and O–H groups in total. The van der Waals surface area contributed by atoms with Crippen molar-refractivity contribution in [2.45, 2.75) is 45.1 Å². The molecule has 1 saturated heterocycles. The first kappa shape index (κ1) is 12.8. The van der Waals surface area contributed by atoms with Gasteiger partial charge in [-0.3, -0.25) is 4.79 Å². The van der Waals surface area contributed by atoms with Crippen LogP contribution in [-0.2, 0) is 9.53 Å². The molecule has 0 aromatic carbocycles. The highest BCUT2D eigenvalue weighted by molar-refractivity contribution is 5.84. The predicted octanol–water partition coefficient (Wildman–Crippen LogP) is 1.14. The van der Waals surface area contributed by atoms with Crippen molar-refractivity contribution in [3.05, 3.63) is 0 Å². The molecule has 1 amide bonds. The Bertz CT molecular complexity index is 269. The van der Waals surface area contributed by atoms with Crippen LogP contribution in [0.25, 0.3) is 0 Å². The number of ether oxygens (including phenoxy) is 1. The van der Waals surface area contributed by atoms with E-state index in [-0.39, 0.29) is 17.4 Å². The number of carbonyl (C=O) groups excluding carboxylic acids is 1. The lowest BCUT2D eigenvalue weighted by Gasteiger charge is -2.44. The SMILES string of the molecule is CCOC1CCCN(C(=O)C2(CN)CCC2)C1. The summed E-state index contributed by atoms with van der Waals surface area (Å²) in [6, 6.07) is 0. The summed E-state index contributed by atoms with van der Waals surface area (Å²) >= 11 is 0. The van der Waals surface area contributed by atoms with Gasteiger partial charge >= 0.3 is 0 Å². The summed E-state index contributed by atoms with van der Waals surface area (Å²) in [6.45, 7) is 4.88. The fourth-order valence-electron chi connectivity index (χ4n) is 2.94. The molecule has 0 aromatic rings. The van der Waals surface area contributed by atoms with Crippen LogP contribution in [0.5, 0.6) is 0 Å². The molecule has 1 aliphatic heterocycles. The van der Waals surface area contributed by atoms with E-state index in [1.165, 1.54) is 0 Å². The fraction of sp³-hybridized carbons (Fsp3) is 0.923. The number of hydrogen-bond acceptors (Lipinski definition) is 3. The Morgan fingerprint density at radius 2 is 2.24 bits per heavy atom. The van der Waals surface area contributed by atoms with Gasteiger partial charge in [-0.25, -0.2) is 0 Å². The van der Waals surface area contributed by atoms with Crippen LogP contribution in [0.3, 0.4) is 0 Å². The van der Waals surface area contributed by atoms with Crippen molar-refractivity contribution in [2.24, 2.45) is 11.1 Å². The lowest BCUT2D eigenvalue weighted by atomic mass is 9.67. The quantitative estimate of drug-likeness (QED) is 0.802. The average molecular weight is 240 g/mol. The van der Waals surface area contributed by atoms with Gasteiger partial charge in [0.2, 0.25) is 5.91 Å². The Kier molecular flexibility index (Phi) is 4.05. The molecule has 0 bridgehead atoms. The first-order valence-corrected chi connectivity index (χ1v) is 6.83. The first-order valence-electron chi connectivity index (χ1n) is 6.83. The standard InChI is InChI=1S/C13H24N2O2/c1-2-17-11-5-3-8-15(9-11)12(16)13(10-14)6-4-7-13/h11H,2-10,14H2,1H3. The Morgan fingerprint density at radius 3 is 2.76 bits per heavy atom. The van der Waals surface area contributed by atoms with Crippen LogP contribution < -0.4 is 5.73 Å². The fourth-order valence-corrected chi connectivity index (χ4v) is 2.94. The zero-order valence-corrected chi connectivity index (χ0v) is 10.8. The minimum atomic E-state index is -0.228. The minimum Gasteiger partial charge on any atom is -0.377 e. The van der Waals surface area contributed by atoms with Crippen LogP contribution in [0, 0.1) is 5.41 Å². The number of piperidine rings is 1. The van der Waals surface area contributed by atoms with Gasteiger partial charge in [-0.1, -0.05) is 6.42 Å². The van der Waals surface area contributed by atoms with Crippen LogP contribution in [0.1, 0.15) is 39.0 Å². The first-order chi connectivity index (χ1) is 8.22. The van der Waals surface area contributed by atoms with E-state index < -0.39 is 0 Å². The summed E-state index contributed by atoms with van der Waals surface area (Å²) < 4.78 is 5.64. The van der Waals surface area contributed by atoms with Crippen LogP contribution in [0.15, 0.2) is 0 Å². The van der Waals surface area contributed by atoms with Gasteiger partial charge in [0.05, 0.1) is 11.5 Å². The number of rotatable bonds is 4. The molecule has 1 saturated carbocycles. The lowest BCUT2D eigenvalue weighted by Crippen LogP contribution is -2.55. The molecular weight excluding hydrogens is 216 g/mol. The summed E-state index contributed by atoms with van der Waals surface area (Å²) in [7, 11) is 0. The van der Waals surface area contributed by atoms with Gasteiger partial charge in [0.15, 0.2) is 0 Å². The lowest BCUT2D eigenvalue weighted by molar-refractivity contribution is -0.150. The average Bonchev–Trinajstić information content (AvgIpc) is 2.29. The third-order valence-electron chi connectivity index (χ3n) is 4.22. The van der Waals surface area contributed by atoms with Gasteiger partial charge in [0.1, 0.15) is 0 Å². The molecule has 2 fully saturated rings. The third kappa shape index (κ3) is 2.47. The van der Waals surface area contributed by atoms with E-state index >= 15 is 0 Å². The molecule has 98 valence electrons. The van der Waals surface area contributed by atoms with Crippen molar-refractivity contribution in [2.75, 3.05) is 26.2 Å². The Morgan fingerprint density at radius 1 is 1.47 bits per heavy atom. The molecular formula is C13H24N2O2. The normalized spacial score (nSPS) is 27.6. The summed E-state index contributed by atoms with van der Waals surface area (Å²) in [6.07, 6.45) is 5.44.